The first-order valence-electron chi connectivity index (χ1n) is 5.35. The van der Waals surface area contributed by atoms with Crippen LogP contribution < -0.4 is 0 Å². The van der Waals surface area contributed by atoms with Crippen molar-refractivity contribution in [1.82, 2.24) is 9.55 Å². The lowest BCUT2D eigenvalue weighted by atomic mass is 10.2. The molecule has 17 heavy (non-hydrogen) atoms. The van der Waals surface area contributed by atoms with Crippen LogP contribution in [-0.2, 0) is 11.3 Å². The first-order chi connectivity index (χ1) is 8.27. The maximum absolute atomic E-state index is 13.6. The van der Waals surface area contributed by atoms with Crippen molar-refractivity contribution in [2.75, 3.05) is 13.7 Å². The van der Waals surface area contributed by atoms with Crippen LogP contribution in [0.3, 0.4) is 0 Å². The van der Waals surface area contributed by atoms with Gasteiger partial charge in [-0.25, -0.2) is 9.37 Å². The van der Waals surface area contributed by atoms with E-state index in [0.29, 0.717) is 36.0 Å². The average molecular weight is 236 g/mol. The van der Waals surface area contributed by atoms with Crippen molar-refractivity contribution in [3.8, 4) is 0 Å². The summed E-state index contributed by atoms with van der Waals surface area (Å²) in [6.45, 7) is 1.26. The normalized spacial score (nSPS) is 10.9. The molecule has 0 unspecified atom stereocenters. The summed E-state index contributed by atoms with van der Waals surface area (Å²) in [5.74, 6) is -0.414. The van der Waals surface area contributed by atoms with Crippen LogP contribution in [0.1, 0.15) is 16.8 Å². The van der Waals surface area contributed by atoms with Crippen LogP contribution in [0.4, 0.5) is 4.39 Å². The molecule has 0 aliphatic carbocycles. The summed E-state index contributed by atoms with van der Waals surface area (Å²) in [5.41, 5.74) is 0.839. The quantitative estimate of drug-likeness (QED) is 0.589. The number of aromatic nitrogens is 2. The number of nitrogens with zero attached hydrogens (tertiary/aromatic N) is 2. The van der Waals surface area contributed by atoms with Gasteiger partial charge in [-0.1, -0.05) is 0 Å². The zero-order valence-electron chi connectivity index (χ0n) is 9.52. The van der Waals surface area contributed by atoms with E-state index >= 15 is 0 Å². The summed E-state index contributed by atoms with van der Waals surface area (Å²) in [4.78, 5) is 15.0. The first-order valence-corrected chi connectivity index (χ1v) is 5.35. The molecule has 90 valence electrons. The molecule has 2 aromatic rings. The molecule has 2 aromatic heterocycles. The molecule has 0 aliphatic heterocycles. The Balaban J connectivity index is 2.43. The van der Waals surface area contributed by atoms with E-state index in [1.807, 2.05) is 0 Å². The van der Waals surface area contributed by atoms with Crippen LogP contribution in [-0.4, -0.2) is 29.6 Å². The molecule has 0 N–H and O–H groups in total. The summed E-state index contributed by atoms with van der Waals surface area (Å²) in [7, 11) is 1.63. The molecule has 0 radical (unpaired) electrons. The van der Waals surface area contributed by atoms with Gasteiger partial charge in [-0.15, -0.1) is 0 Å². The maximum Gasteiger partial charge on any atom is 0.152 e. The fourth-order valence-electron chi connectivity index (χ4n) is 1.85. The van der Waals surface area contributed by atoms with Crippen molar-refractivity contribution in [2.24, 2.45) is 0 Å². The van der Waals surface area contributed by atoms with Gasteiger partial charge in [-0.3, -0.25) is 4.79 Å². The Kier molecular flexibility index (Phi) is 3.49. The first kappa shape index (κ1) is 11.7. The topological polar surface area (TPSA) is 44.1 Å². The van der Waals surface area contributed by atoms with E-state index in [4.69, 9.17) is 4.74 Å². The van der Waals surface area contributed by atoms with Crippen LogP contribution in [0, 0.1) is 5.82 Å². The Hall–Kier alpha value is -1.75. The molecular weight excluding hydrogens is 223 g/mol. The molecule has 2 heterocycles. The zero-order chi connectivity index (χ0) is 12.3. The zero-order valence-corrected chi connectivity index (χ0v) is 9.52. The standard InChI is InChI=1S/C12H13FN2O2/c1-17-6-2-5-15-7-9(8-16)11-10(13)3-4-14-12(11)15/h3-4,7-8H,2,5-6H2,1H3. The second kappa shape index (κ2) is 5.05. The highest BCUT2D eigenvalue weighted by Crippen LogP contribution is 2.21. The van der Waals surface area contributed by atoms with Gasteiger partial charge in [-0.05, 0) is 12.5 Å². The Morgan fingerprint density at radius 3 is 3.12 bits per heavy atom. The third kappa shape index (κ3) is 2.19. The summed E-state index contributed by atoms with van der Waals surface area (Å²) in [5, 5.41) is 0.292. The van der Waals surface area contributed by atoms with Crippen molar-refractivity contribution < 1.29 is 13.9 Å². The highest BCUT2D eigenvalue weighted by Gasteiger charge is 2.12. The molecule has 0 aromatic carbocycles. The number of hydrogen-bond acceptors (Lipinski definition) is 3. The molecule has 0 bridgehead atoms. The van der Waals surface area contributed by atoms with Crippen LogP contribution in [0.5, 0.6) is 0 Å². The van der Waals surface area contributed by atoms with Gasteiger partial charge in [0.2, 0.25) is 0 Å². The Morgan fingerprint density at radius 2 is 2.41 bits per heavy atom. The Bertz CT molecular complexity index is 537. The fraction of sp³-hybridized carbons (Fsp3) is 0.333. The highest BCUT2D eigenvalue weighted by atomic mass is 19.1. The number of halogens is 1. The second-order valence-corrected chi connectivity index (χ2v) is 3.73. The van der Waals surface area contributed by atoms with Gasteiger partial charge in [-0.2, -0.15) is 0 Å². The van der Waals surface area contributed by atoms with E-state index in [9.17, 15) is 9.18 Å². The van der Waals surface area contributed by atoms with Crippen molar-refractivity contribution in [3.05, 3.63) is 29.8 Å². The number of carbonyl (C=O) groups is 1. The third-order valence-corrected chi connectivity index (χ3v) is 2.61. The van der Waals surface area contributed by atoms with Gasteiger partial charge in [0.1, 0.15) is 11.5 Å². The number of fused-ring (bicyclic) bond motifs is 1. The minimum absolute atomic E-state index is 0.292. The number of hydrogen-bond donors (Lipinski definition) is 0. The lowest BCUT2D eigenvalue weighted by Crippen LogP contribution is -2.01. The smallest absolute Gasteiger partial charge is 0.152 e. The lowest BCUT2D eigenvalue weighted by molar-refractivity contribution is 0.112. The summed E-state index contributed by atoms with van der Waals surface area (Å²) in [6, 6.07) is 1.26. The number of aryl methyl sites for hydroxylation is 1. The summed E-state index contributed by atoms with van der Waals surface area (Å²) >= 11 is 0. The van der Waals surface area contributed by atoms with Crippen molar-refractivity contribution in [2.45, 2.75) is 13.0 Å². The van der Waals surface area contributed by atoms with E-state index in [2.05, 4.69) is 4.98 Å². The molecule has 2 rings (SSSR count). The number of pyridine rings is 1. The van der Waals surface area contributed by atoms with Crippen molar-refractivity contribution in [3.63, 3.8) is 0 Å². The predicted octanol–water partition coefficient (Wildman–Crippen LogP) is 2.02. The number of ether oxygens (including phenoxy) is 1. The molecular formula is C12H13FN2O2. The molecule has 5 heteroatoms. The average Bonchev–Trinajstić information content (AvgIpc) is 2.70. The van der Waals surface area contributed by atoms with Gasteiger partial charge in [0.15, 0.2) is 6.29 Å². The second-order valence-electron chi connectivity index (χ2n) is 3.73. The number of aldehydes is 1. The third-order valence-electron chi connectivity index (χ3n) is 2.61. The van der Waals surface area contributed by atoms with Gasteiger partial charge in [0, 0.05) is 38.2 Å². The molecule has 4 nitrogen and oxygen atoms in total. The molecule has 0 saturated carbocycles. The van der Waals surface area contributed by atoms with E-state index < -0.39 is 5.82 Å². The van der Waals surface area contributed by atoms with Gasteiger partial charge >= 0.3 is 0 Å². The molecule has 0 amide bonds. The number of carbonyl (C=O) groups excluding carboxylic acids is 1. The SMILES string of the molecule is COCCCn1cc(C=O)c2c(F)ccnc21. The minimum atomic E-state index is -0.414. The van der Waals surface area contributed by atoms with Gasteiger partial charge in [0.25, 0.3) is 0 Å². The molecule has 0 atom stereocenters. The summed E-state index contributed by atoms with van der Waals surface area (Å²) < 4.78 is 20.3. The van der Waals surface area contributed by atoms with E-state index in [1.54, 1.807) is 17.9 Å². The van der Waals surface area contributed by atoms with Crippen LogP contribution >= 0.6 is 0 Å². The lowest BCUT2D eigenvalue weighted by Gasteiger charge is -2.03. The van der Waals surface area contributed by atoms with E-state index in [1.165, 1.54) is 12.3 Å². The van der Waals surface area contributed by atoms with Crippen LogP contribution in [0.2, 0.25) is 0 Å². The van der Waals surface area contributed by atoms with Crippen molar-refractivity contribution in [1.29, 1.82) is 0 Å². The summed E-state index contributed by atoms with van der Waals surface area (Å²) in [6.07, 6.45) is 4.47. The Morgan fingerprint density at radius 1 is 1.59 bits per heavy atom. The van der Waals surface area contributed by atoms with Crippen LogP contribution in [0.15, 0.2) is 18.5 Å². The van der Waals surface area contributed by atoms with Crippen LogP contribution in [0.25, 0.3) is 11.0 Å². The van der Waals surface area contributed by atoms with Crippen molar-refractivity contribution >= 4 is 17.3 Å². The molecule has 0 spiro atoms. The van der Waals surface area contributed by atoms with E-state index in [0.717, 1.165) is 6.42 Å². The number of rotatable bonds is 5. The molecule has 0 fully saturated rings. The maximum atomic E-state index is 13.6. The highest BCUT2D eigenvalue weighted by molar-refractivity contribution is 5.96. The predicted molar refractivity (Wildman–Crippen MR) is 61.6 cm³/mol. The van der Waals surface area contributed by atoms with E-state index in [-0.39, 0.29) is 0 Å². The monoisotopic (exact) mass is 236 g/mol. The van der Waals surface area contributed by atoms with Gasteiger partial charge in [0.05, 0.1) is 5.39 Å². The largest absolute Gasteiger partial charge is 0.385 e. The fourth-order valence-corrected chi connectivity index (χ4v) is 1.85. The molecule has 0 saturated heterocycles. The van der Waals surface area contributed by atoms with Gasteiger partial charge < -0.3 is 9.30 Å². The minimum Gasteiger partial charge on any atom is -0.385 e. The Labute approximate surface area is 98.0 Å². The number of methoxy groups -OCH3 is 1. The molecule has 0 aliphatic rings.